The molecule has 3 rings (SSSR count). The summed E-state index contributed by atoms with van der Waals surface area (Å²) in [5, 5.41) is 2.57. The molecule has 1 heterocycles. The number of hydrogen-bond donors (Lipinski definition) is 1. The van der Waals surface area contributed by atoms with Gasteiger partial charge in [0.05, 0.1) is 5.69 Å². The van der Waals surface area contributed by atoms with E-state index in [2.05, 4.69) is 60.6 Å². The molecular weight excluding hydrogens is 194 g/mol. The van der Waals surface area contributed by atoms with Crippen LogP contribution in [-0.4, -0.2) is 4.98 Å². The lowest BCUT2D eigenvalue weighted by atomic mass is 10.1. The van der Waals surface area contributed by atoms with E-state index >= 15 is 0 Å². The molecule has 0 bridgehead atoms. The molecule has 78 valence electrons. The minimum absolute atomic E-state index is 1.21. The number of nitrogens with one attached hydrogen (secondary N) is 1. The Hall–Kier alpha value is -2.02. The largest absolute Gasteiger partial charge is 0.360 e. The molecule has 2 aromatic carbocycles. The van der Waals surface area contributed by atoms with Crippen molar-refractivity contribution in [2.45, 2.75) is 6.92 Å². The van der Waals surface area contributed by atoms with Gasteiger partial charge < -0.3 is 4.98 Å². The average Bonchev–Trinajstić information content (AvgIpc) is 2.73. The van der Waals surface area contributed by atoms with Gasteiger partial charge in [0.1, 0.15) is 0 Å². The van der Waals surface area contributed by atoms with Gasteiger partial charge in [0.15, 0.2) is 0 Å². The Kier molecular flexibility index (Phi) is 2.03. The first-order valence-electron chi connectivity index (χ1n) is 5.48. The van der Waals surface area contributed by atoms with Crippen LogP contribution in [0.15, 0.2) is 54.7 Å². The number of benzene rings is 2. The summed E-state index contributed by atoms with van der Waals surface area (Å²) in [4.78, 5) is 3.36. The van der Waals surface area contributed by atoms with Crippen molar-refractivity contribution in [3.8, 4) is 11.3 Å². The zero-order chi connectivity index (χ0) is 11.0. The summed E-state index contributed by atoms with van der Waals surface area (Å²) in [6, 6.07) is 17.0. The number of aromatic nitrogens is 1. The molecule has 1 heteroatoms. The zero-order valence-corrected chi connectivity index (χ0v) is 9.20. The monoisotopic (exact) mass is 207 g/mol. The molecule has 3 aromatic rings. The molecule has 0 radical (unpaired) electrons. The maximum Gasteiger partial charge on any atom is 0.0533 e. The van der Waals surface area contributed by atoms with Crippen molar-refractivity contribution in [1.29, 1.82) is 0 Å². The minimum Gasteiger partial charge on any atom is -0.360 e. The third-order valence-electron chi connectivity index (χ3n) is 2.91. The second kappa shape index (κ2) is 3.53. The predicted molar refractivity (Wildman–Crippen MR) is 68.5 cm³/mol. The standard InChI is InChI=1S/C15H13N/c1-11-7-8-13-10-16-15(14(13)9-11)12-5-3-2-4-6-12/h2-10,16H,1H3. The van der Waals surface area contributed by atoms with E-state index in [4.69, 9.17) is 0 Å². The summed E-state index contributed by atoms with van der Waals surface area (Å²) in [5.41, 5.74) is 3.74. The van der Waals surface area contributed by atoms with Crippen LogP contribution in [-0.2, 0) is 0 Å². The highest BCUT2D eigenvalue weighted by atomic mass is 14.7. The smallest absolute Gasteiger partial charge is 0.0533 e. The molecule has 0 aliphatic heterocycles. The maximum atomic E-state index is 3.36. The Labute approximate surface area is 94.7 Å². The number of hydrogen-bond acceptors (Lipinski definition) is 0. The average molecular weight is 207 g/mol. The van der Waals surface area contributed by atoms with Crippen molar-refractivity contribution in [2.75, 3.05) is 0 Å². The summed E-state index contributed by atoms with van der Waals surface area (Å²) >= 11 is 0. The van der Waals surface area contributed by atoms with E-state index in [0.29, 0.717) is 0 Å². The van der Waals surface area contributed by atoms with Crippen LogP contribution < -0.4 is 0 Å². The Morgan fingerprint density at radius 2 is 1.75 bits per heavy atom. The van der Waals surface area contributed by atoms with Crippen molar-refractivity contribution >= 4 is 10.8 Å². The number of fused-ring (bicyclic) bond motifs is 1. The van der Waals surface area contributed by atoms with E-state index in [0.717, 1.165) is 0 Å². The van der Waals surface area contributed by atoms with Crippen molar-refractivity contribution < 1.29 is 0 Å². The number of aryl methyl sites for hydroxylation is 1. The van der Waals surface area contributed by atoms with Gasteiger partial charge in [0, 0.05) is 11.6 Å². The fourth-order valence-corrected chi connectivity index (χ4v) is 2.08. The topological polar surface area (TPSA) is 15.8 Å². The Bertz CT molecular complexity index is 620. The summed E-state index contributed by atoms with van der Waals surface area (Å²) in [6.45, 7) is 2.13. The van der Waals surface area contributed by atoms with Crippen molar-refractivity contribution in [2.24, 2.45) is 0 Å². The maximum absolute atomic E-state index is 3.36. The molecule has 0 spiro atoms. The van der Waals surface area contributed by atoms with Crippen molar-refractivity contribution in [3.05, 3.63) is 60.3 Å². The van der Waals surface area contributed by atoms with Gasteiger partial charge in [-0.3, -0.25) is 0 Å². The summed E-state index contributed by atoms with van der Waals surface area (Å²) in [6.07, 6.45) is 2.07. The first-order valence-corrected chi connectivity index (χ1v) is 5.48. The van der Waals surface area contributed by atoms with Gasteiger partial charge in [-0.15, -0.1) is 0 Å². The molecule has 0 fully saturated rings. The van der Waals surface area contributed by atoms with Gasteiger partial charge >= 0.3 is 0 Å². The van der Waals surface area contributed by atoms with Crippen molar-refractivity contribution in [3.63, 3.8) is 0 Å². The first kappa shape index (κ1) is 9.22. The number of H-pyrrole nitrogens is 1. The normalized spacial score (nSPS) is 10.8. The fraction of sp³-hybridized carbons (Fsp3) is 0.0667. The molecule has 0 atom stereocenters. The first-order chi connectivity index (χ1) is 7.84. The Morgan fingerprint density at radius 3 is 2.56 bits per heavy atom. The Balaban J connectivity index is 2.29. The van der Waals surface area contributed by atoms with E-state index in [-0.39, 0.29) is 0 Å². The van der Waals surface area contributed by atoms with E-state index in [9.17, 15) is 0 Å². The number of rotatable bonds is 1. The Morgan fingerprint density at radius 1 is 0.938 bits per heavy atom. The molecule has 0 saturated carbocycles. The van der Waals surface area contributed by atoms with Crippen LogP contribution in [0.4, 0.5) is 0 Å². The van der Waals surface area contributed by atoms with Gasteiger partial charge in [0.2, 0.25) is 0 Å². The van der Waals surface area contributed by atoms with Gasteiger partial charge in [-0.05, 0) is 23.9 Å². The van der Waals surface area contributed by atoms with Crippen LogP contribution in [0.25, 0.3) is 22.0 Å². The molecule has 16 heavy (non-hydrogen) atoms. The predicted octanol–water partition coefficient (Wildman–Crippen LogP) is 4.14. The lowest BCUT2D eigenvalue weighted by Gasteiger charge is -2.00. The third-order valence-corrected chi connectivity index (χ3v) is 2.91. The molecule has 1 nitrogen and oxygen atoms in total. The molecule has 0 saturated heterocycles. The van der Waals surface area contributed by atoms with Crippen LogP contribution in [0, 0.1) is 6.92 Å². The molecule has 0 aliphatic rings. The molecule has 0 aliphatic carbocycles. The fourth-order valence-electron chi connectivity index (χ4n) is 2.08. The van der Waals surface area contributed by atoms with Crippen LogP contribution >= 0.6 is 0 Å². The zero-order valence-electron chi connectivity index (χ0n) is 9.20. The SMILES string of the molecule is Cc1ccc2c[nH]c(-c3ccccc3)c2c1. The van der Waals surface area contributed by atoms with Gasteiger partial charge in [-0.2, -0.15) is 0 Å². The van der Waals surface area contributed by atoms with Gasteiger partial charge in [-0.1, -0.05) is 48.0 Å². The van der Waals surface area contributed by atoms with Gasteiger partial charge in [-0.25, -0.2) is 0 Å². The highest BCUT2D eigenvalue weighted by Gasteiger charge is 2.04. The third kappa shape index (κ3) is 1.41. The lowest BCUT2D eigenvalue weighted by molar-refractivity contribution is 1.41. The molecule has 1 aromatic heterocycles. The summed E-state index contributed by atoms with van der Waals surface area (Å²) in [7, 11) is 0. The molecule has 0 unspecified atom stereocenters. The van der Waals surface area contributed by atoms with Crippen LogP contribution in [0.2, 0.25) is 0 Å². The summed E-state index contributed by atoms with van der Waals surface area (Å²) in [5.74, 6) is 0. The quantitative estimate of drug-likeness (QED) is 0.617. The van der Waals surface area contributed by atoms with Crippen LogP contribution in [0.3, 0.4) is 0 Å². The molecular formula is C15H13N. The van der Waals surface area contributed by atoms with E-state index in [1.807, 2.05) is 6.07 Å². The minimum atomic E-state index is 1.21. The highest BCUT2D eigenvalue weighted by Crippen LogP contribution is 2.28. The second-order valence-electron chi connectivity index (χ2n) is 4.12. The van der Waals surface area contributed by atoms with E-state index in [1.165, 1.54) is 27.6 Å². The lowest BCUT2D eigenvalue weighted by Crippen LogP contribution is -1.77. The summed E-state index contributed by atoms with van der Waals surface area (Å²) < 4.78 is 0. The number of aromatic amines is 1. The highest BCUT2D eigenvalue weighted by molar-refractivity contribution is 5.96. The van der Waals surface area contributed by atoms with Crippen molar-refractivity contribution in [1.82, 2.24) is 4.98 Å². The van der Waals surface area contributed by atoms with E-state index < -0.39 is 0 Å². The van der Waals surface area contributed by atoms with E-state index in [1.54, 1.807) is 0 Å². The van der Waals surface area contributed by atoms with Crippen LogP contribution in [0.5, 0.6) is 0 Å². The molecule has 0 amide bonds. The van der Waals surface area contributed by atoms with Gasteiger partial charge in [0.25, 0.3) is 0 Å². The van der Waals surface area contributed by atoms with Crippen LogP contribution in [0.1, 0.15) is 5.56 Å². The molecule has 1 N–H and O–H groups in total. The second-order valence-corrected chi connectivity index (χ2v) is 4.12.